The molecule has 0 radical (unpaired) electrons. The largest absolute Gasteiger partial charge is 0.448 e. The molecule has 0 aliphatic carbocycles. The van der Waals surface area contributed by atoms with Gasteiger partial charge in [-0.3, -0.25) is 4.79 Å². The number of aromatic nitrogens is 1. The Balaban J connectivity index is 2.13. The summed E-state index contributed by atoms with van der Waals surface area (Å²) in [5, 5.41) is 0.932. The van der Waals surface area contributed by atoms with Crippen molar-refractivity contribution in [3.63, 3.8) is 0 Å². The average molecular weight is 260 g/mol. The minimum atomic E-state index is -0.797. The van der Waals surface area contributed by atoms with Crippen LogP contribution in [0.25, 0.3) is 10.9 Å². The van der Waals surface area contributed by atoms with Gasteiger partial charge in [0.1, 0.15) is 5.69 Å². The second-order valence-electron chi connectivity index (χ2n) is 4.55. The molecule has 19 heavy (non-hydrogen) atoms. The van der Waals surface area contributed by atoms with Gasteiger partial charge in [-0.1, -0.05) is 18.2 Å². The van der Waals surface area contributed by atoms with Crippen molar-refractivity contribution >= 4 is 22.8 Å². The van der Waals surface area contributed by atoms with Crippen molar-refractivity contribution < 1.29 is 14.3 Å². The van der Waals surface area contributed by atoms with E-state index in [1.54, 1.807) is 27.1 Å². The summed E-state index contributed by atoms with van der Waals surface area (Å²) >= 11 is 0. The van der Waals surface area contributed by atoms with Gasteiger partial charge in [0.15, 0.2) is 6.10 Å². The van der Waals surface area contributed by atoms with E-state index in [2.05, 4.69) is 4.98 Å². The fraction of sp³-hybridized carbons (Fsp3) is 0.286. The fourth-order valence-corrected chi connectivity index (χ4v) is 1.82. The van der Waals surface area contributed by atoms with Gasteiger partial charge in [-0.15, -0.1) is 0 Å². The standard InChI is InChI=1S/C14H16N2O3/c1-9(13(17)16(2)3)19-14(18)12-8-10-6-4-5-7-11(10)15-12/h4-9,15H,1-3H3/t9-/m0/s1. The number of esters is 1. The molecule has 0 aliphatic rings. The average Bonchev–Trinajstić information content (AvgIpc) is 2.81. The number of carbonyl (C=O) groups is 2. The predicted octanol–water partition coefficient (Wildman–Crippen LogP) is 1.80. The van der Waals surface area contributed by atoms with Crippen molar-refractivity contribution in [2.45, 2.75) is 13.0 Å². The van der Waals surface area contributed by atoms with E-state index in [9.17, 15) is 9.59 Å². The van der Waals surface area contributed by atoms with E-state index in [-0.39, 0.29) is 5.91 Å². The number of hydrogen-bond acceptors (Lipinski definition) is 3. The van der Waals surface area contributed by atoms with E-state index in [1.165, 1.54) is 4.90 Å². The van der Waals surface area contributed by atoms with Gasteiger partial charge in [-0.25, -0.2) is 4.79 Å². The molecule has 1 aromatic heterocycles. The lowest BCUT2D eigenvalue weighted by atomic mass is 10.2. The van der Waals surface area contributed by atoms with E-state index in [4.69, 9.17) is 4.74 Å². The van der Waals surface area contributed by atoms with Crippen LogP contribution in [0.1, 0.15) is 17.4 Å². The Hall–Kier alpha value is -2.30. The monoisotopic (exact) mass is 260 g/mol. The Labute approximate surface area is 111 Å². The maximum atomic E-state index is 11.9. The van der Waals surface area contributed by atoms with Gasteiger partial charge >= 0.3 is 5.97 Å². The zero-order valence-electron chi connectivity index (χ0n) is 11.1. The minimum absolute atomic E-state index is 0.246. The molecule has 5 heteroatoms. The molecule has 0 unspecified atom stereocenters. The number of para-hydroxylation sites is 1. The van der Waals surface area contributed by atoms with Gasteiger partial charge < -0.3 is 14.6 Å². The topological polar surface area (TPSA) is 62.4 Å². The molecule has 0 bridgehead atoms. The molecule has 0 fully saturated rings. The molecule has 0 spiro atoms. The molecule has 100 valence electrons. The number of fused-ring (bicyclic) bond motifs is 1. The molecule has 0 saturated carbocycles. The zero-order chi connectivity index (χ0) is 14.0. The van der Waals surface area contributed by atoms with Crippen LogP contribution in [-0.4, -0.2) is 42.0 Å². The van der Waals surface area contributed by atoms with E-state index in [0.29, 0.717) is 5.69 Å². The Kier molecular flexibility index (Phi) is 3.55. The van der Waals surface area contributed by atoms with Crippen LogP contribution in [0.2, 0.25) is 0 Å². The molecule has 1 aromatic carbocycles. The number of carbonyl (C=O) groups excluding carboxylic acids is 2. The van der Waals surface area contributed by atoms with Gasteiger partial charge in [0.2, 0.25) is 0 Å². The molecule has 1 atom stereocenters. The second kappa shape index (κ2) is 5.14. The highest BCUT2D eigenvalue weighted by Gasteiger charge is 2.21. The van der Waals surface area contributed by atoms with Crippen LogP contribution in [0.3, 0.4) is 0 Å². The van der Waals surface area contributed by atoms with Crippen LogP contribution in [0.15, 0.2) is 30.3 Å². The molecule has 0 aliphatic heterocycles. The Bertz CT molecular complexity index is 583. The lowest BCUT2D eigenvalue weighted by Gasteiger charge is -2.16. The number of aromatic amines is 1. The van der Waals surface area contributed by atoms with Gasteiger partial charge in [-0.05, 0) is 19.1 Å². The Morgan fingerprint density at radius 2 is 1.95 bits per heavy atom. The first kappa shape index (κ1) is 13.1. The molecule has 5 nitrogen and oxygen atoms in total. The van der Waals surface area contributed by atoms with Gasteiger partial charge in [0.05, 0.1) is 0 Å². The Morgan fingerprint density at radius 3 is 2.58 bits per heavy atom. The summed E-state index contributed by atoms with van der Waals surface area (Å²) in [6.07, 6.45) is -0.797. The van der Waals surface area contributed by atoms with Crippen molar-refractivity contribution in [1.82, 2.24) is 9.88 Å². The van der Waals surface area contributed by atoms with E-state index >= 15 is 0 Å². The molecule has 1 amide bonds. The van der Waals surface area contributed by atoms with Gasteiger partial charge in [0.25, 0.3) is 5.91 Å². The number of likely N-dealkylation sites (N-methyl/N-ethyl adjacent to an activating group) is 1. The van der Waals surface area contributed by atoms with Gasteiger partial charge in [-0.2, -0.15) is 0 Å². The summed E-state index contributed by atoms with van der Waals surface area (Å²) in [5.74, 6) is -0.775. The van der Waals surface area contributed by atoms with Crippen LogP contribution < -0.4 is 0 Å². The third kappa shape index (κ3) is 2.76. The summed E-state index contributed by atoms with van der Waals surface area (Å²) in [6.45, 7) is 1.56. The first-order valence-corrected chi connectivity index (χ1v) is 5.99. The first-order chi connectivity index (χ1) is 8.99. The number of amides is 1. The Morgan fingerprint density at radius 1 is 1.26 bits per heavy atom. The first-order valence-electron chi connectivity index (χ1n) is 5.99. The number of ether oxygens (including phenoxy) is 1. The number of rotatable bonds is 3. The van der Waals surface area contributed by atoms with Crippen molar-refractivity contribution in [2.24, 2.45) is 0 Å². The van der Waals surface area contributed by atoms with Gasteiger partial charge in [0, 0.05) is 25.0 Å². The summed E-state index contributed by atoms with van der Waals surface area (Å²) in [4.78, 5) is 27.9. The van der Waals surface area contributed by atoms with Crippen molar-refractivity contribution in [3.8, 4) is 0 Å². The zero-order valence-corrected chi connectivity index (χ0v) is 11.1. The number of nitrogens with one attached hydrogen (secondary N) is 1. The predicted molar refractivity (Wildman–Crippen MR) is 71.9 cm³/mol. The number of nitrogens with zero attached hydrogens (tertiary/aromatic N) is 1. The molecule has 1 N–H and O–H groups in total. The molecule has 0 saturated heterocycles. The lowest BCUT2D eigenvalue weighted by molar-refractivity contribution is -0.137. The maximum absolute atomic E-state index is 11.9. The summed E-state index contributed by atoms with van der Waals surface area (Å²) in [5.41, 5.74) is 1.21. The normalized spacial score (nSPS) is 12.2. The van der Waals surface area contributed by atoms with E-state index in [0.717, 1.165) is 10.9 Å². The number of H-pyrrole nitrogens is 1. The molecule has 1 heterocycles. The third-order valence-electron chi connectivity index (χ3n) is 2.82. The van der Waals surface area contributed by atoms with Crippen molar-refractivity contribution in [2.75, 3.05) is 14.1 Å². The quantitative estimate of drug-likeness (QED) is 0.856. The summed E-state index contributed by atoms with van der Waals surface area (Å²) < 4.78 is 5.13. The highest BCUT2D eigenvalue weighted by molar-refractivity contribution is 5.96. The number of hydrogen-bond donors (Lipinski definition) is 1. The number of benzene rings is 1. The van der Waals surface area contributed by atoms with E-state index < -0.39 is 12.1 Å². The van der Waals surface area contributed by atoms with Crippen LogP contribution in [0.4, 0.5) is 0 Å². The van der Waals surface area contributed by atoms with Crippen LogP contribution in [0, 0.1) is 0 Å². The minimum Gasteiger partial charge on any atom is -0.448 e. The third-order valence-corrected chi connectivity index (χ3v) is 2.82. The second-order valence-corrected chi connectivity index (χ2v) is 4.55. The van der Waals surface area contributed by atoms with Crippen molar-refractivity contribution in [3.05, 3.63) is 36.0 Å². The maximum Gasteiger partial charge on any atom is 0.355 e. The highest BCUT2D eigenvalue weighted by atomic mass is 16.5. The fourth-order valence-electron chi connectivity index (χ4n) is 1.82. The molecule has 2 rings (SSSR count). The van der Waals surface area contributed by atoms with Crippen LogP contribution in [0.5, 0.6) is 0 Å². The molecular weight excluding hydrogens is 244 g/mol. The van der Waals surface area contributed by atoms with Crippen molar-refractivity contribution in [1.29, 1.82) is 0 Å². The van der Waals surface area contributed by atoms with E-state index in [1.807, 2.05) is 24.3 Å². The molecular formula is C14H16N2O3. The lowest BCUT2D eigenvalue weighted by Crippen LogP contribution is -2.34. The van der Waals surface area contributed by atoms with Crippen LogP contribution >= 0.6 is 0 Å². The summed E-state index contributed by atoms with van der Waals surface area (Å²) in [6, 6.07) is 9.26. The SMILES string of the molecule is C[C@H](OC(=O)c1cc2ccccc2[nH]1)C(=O)N(C)C. The summed E-state index contributed by atoms with van der Waals surface area (Å²) in [7, 11) is 3.24. The smallest absolute Gasteiger partial charge is 0.355 e. The molecule has 2 aromatic rings. The van der Waals surface area contributed by atoms with Crippen LogP contribution in [-0.2, 0) is 9.53 Å². The highest BCUT2D eigenvalue weighted by Crippen LogP contribution is 2.15.